The quantitative estimate of drug-likeness (QED) is 0.447. The minimum absolute atomic E-state index is 0.0112. The third kappa shape index (κ3) is 2.16. The summed E-state index contributed by atoms with van der Waals surface area (Å²) < 4.78 is 1.74. The number of nitrogen functional groups attached to an aromatic ring is 1. The highest BCUT2D eigenvalue weighted by atomic mass is 16.6. The van der Waals surface area contributed by atoms with Crippen LogP contribution >= 0.6 is 0 Å². The van der Waals surface area contributed by atoms with Crippen molar-refractivity contribution in [3.63, 3.8) is 0 Å². The molecule has 0 atom stereocenters. The molecule has 2 N–H and O–H groups in total. The molecule has 0 radical (unpaired) electrons. The number of benzene rings is 2. The highest BCUT2D eigenvalue weighted by Gasteiger charge is 2.16. The van der Waals surface area contributed by atoms with E-state index in [1.165, 1.54) is 12.1 Å². The van der Waals surface area contributed by atoms with Crippen molar-refractivity contribution in [2.75, 3.05) is 5.73 Å². The number of non-ortho nitro benzene ring substituents is 1. The summed E-state index contributed by atoms with van der Waals surface area (Å²) in [6.07, 6.45) is 0. The van der Waals surface area contributed by atoms with Crippen LogP contribution in [-0.4, -0.2) is 14.3 Å². The van der Waals surface area contributed by atoms with E-state index in [-0.39, 0.29) is 5.69 Å². The number of anilines is 1. The molecule has 2 aromatic heterocycles. The minimum atomic E-state index is -0.464. The first-order valence-corrected chi connectivity index (χ1v) is 7.45. The molecular weight excluding hydrogens is 318 g/mol. The number of nitro groups is 1. The number of fused-ring (bicyclic) bond motifs is 3. The predicted molar refractivity (Wildman–Crippen MR) is 93.9 cm³/mol. The summed E-state index contributed by atoms with van der Waals surface area (Å²) in [6.45, 7) is 0. The first-order valence-electron chi connectivity index (χ1n) is 7.45. The Kier molecular flexibility index (Phi) is 3.12. The van der Waals surface area contributed by atoms with Gasteiger partial charge < -0.3 is 5.73 Å². The fourth-order valence-electron chi connectivity index (χ4n) is 2.95. The number of imidazole rings is 1. The van der Waals surface area contributed by atoms with Gasteiger partial charge in [-0.1, -0.05) is 12.1 Å². The summed E-state index contributed by atoms with van der Waals surface area (Å²) in [5, 5.41) is 20.4. The molecule has 7 nitrogen and oxygen atoms in total. The van der Waals surface area contributed by atoms with E-state index in [0.29, 0.717) is 28.2 Å². The molecule has 0 fully saturated rings. The lowest BCUT2D eigenvalue weighted by atomic mass is 10.0. The molecule has 0 amide bonds. The molecule has 0 aliphatic rings. The van der Waals surface area contributed by atoms with Crippen LogP contribution in [0.4, 0.5) is 11.5 Å². The standard InChI is InChI=1S/C18H11N5O2/c19-10-14-13(11-5-7-12(8-6-11)23(24)25)9-17-21-15-3-1-2-4-16(15)22(17)18(14)20/h1-9H,20H2. The van der Waals surface area contributed by atoms with Gasteiger partial charge in [-0.15, -0.1) is 0 Å². The predicted octanol–water partition coefficient (Wildman–Crippen LogP) is 3.52. The largest absolute Gasteiger partial charge is 0.384 e. The van der Waals surface area contributed by atoms with E-state index in [0.717, 1.165) is 11.0 Å². The van der Waals surface area contributed by atoms with Gasteiger partial charge in [0.25, 0.3) is 5.69 Å². The van der Waals surface area contributed by atoms with Crippen molar-refractivity contribution in [3.05, 3.63) is 70.3 Å². The second-order valence-corrected chi connectivity index (χ2v) is 5.53. The average Bonchev–Trinajstić information content (AvgIpc) is 3.00. The molecule has 0 unspecified atom stereocenters. The van der Waals surface area contributed by atoms with Crippen molar-refractivity contribution in [2.24, 2.45) is 0 Å². The second-order valence-electron chi connectivity index (χ2n) is 5.53. The number of nitrogens with zero attached hydrogens (tertiary/aromatic N) is 4. The lowest BCUT2D eigenvalue weighted by Crippen LogP contribution is -2.02. The van der Waals surface area contributed by atoms with Crippen LogP contribution in [0.1, 0.15) is 5.56 Å². The van der Waals surface area contributed by atoms with Gasteiger partial charge in [0.15, 0.2) is 0 Å². The zero-order valence-corrected chi connectivity index (χ0v) is 12.9. The molecule has 0 aliphatic heterocycles. The monoisotopic (exact) mass is 329 g/mol. The highest BCUT2D eigenvalue weighted by Crippen LogP contribution is 2.32. The Morgan fingerprint density at radius 1 is 1.16 bits per heavy atom. The van der Waals surface area contributed by atoms with Crippen LogP contribution in [0.5, 0.6) is 0 Å². The number of pyridine rings is 1. The summed E-state index contributed by atoms with van der Waals surface area (Å²) in [6, 6.07) is 17.4. The third-order valence-corrected chi connectivity index (χ3v) is 4.13. The van der Waals surface area contributed by atoms with E-state index in [9.17, 15) is 15.4 Å². The van der Waals surface area contributed by atoms with Crippen LogP contribution in [0.3, 0.4) is 0 Å². The molecule has 4 aromatic rings. The van der Waals surface area contributed by atoms with Gasteiger partial charge in [0.1, 0.15) is 23.1 Å². The minimum Gasteiger partial charge on any atom is -0.384 e. The molecule has 0 aliphatic carbocycles. The summed E-state index contributed by atoms with van der Waals surface area (Å²) >= 11 is 0. The molecule has 2 heterocycles. The number of rotatable bonds is 2. The van der Waals surface area contributed by atoms with Crippen LogP contribution in [0.15, 0.2) is 54.6 Å². The molecule has 0 saturated heterocycles. The molecule has 0 bridgehead atoms. The van der Waals surface area contributed by atoms with E-state index in [2.05, 4.69) is 11.1 Å². The summed E-state index contributed by atoms with van der Waals surface area (Å²) in [5.74, 6) is 0.294. The number of nitrogens with two attached hydrogens (primary N) is 1. The molecule has 0 spiro atoms. The maximum atomic E-state index is 10.8. The summed E-state index contributed by atoms with van der Waals surface area (Å²) in [5.41, 5.74) is 10.0. The first kappa shape index (κ1) is 14.7. The second kappa shape index (κ2) is 5.32. The number of para-hydroxylation sites is 2. The Morgan fingerprint density at radius 3 is 2.56 bits per heavy atom. The van der Waals surface area contributed by atoms with Crippen molar-refractivity contribution < 1.29 is 4.92 Å². The van der Waals surface area contributed by atoms with Gasteiger partial charge in [-0.25, -0.2) is 4.98 Å². The van der Waals surface area contributed by atoms with Crippen molar-refractivity contribution in [1.82, 2.24) is 9.38 Å². The van der Waals surface area contributed by atoms with Gasteiger partial charge in [0, 0.05) is 17.7 Å². The summed E-state index contributed by atoms with van der Waals surface area (Å²) in [7, 11) is 0. The van der Waals surface area contributed by atoms with Gasteiger partial charge in [0.2, 0.25) is 0 Å². The zero-order valence-electron chi connectivity index (χ0n) is 12.9. The molecule has 0 saturated carbocycles. The normalized spacial score (nSPS) is 10.8. The Morgan fingerprint density at radius 2 is 1.88 bits per heavy atom. The fourth-order valence-corrected chi connectivity index (χ4v) is 2.95. The lowest BCUT2D eigenvalue weighted by Gasteiger charge is -2.10. The van der Waals surface area contributed by atoms with E-state index in [4.69, 9.17) is 5.73 Å². The van der Waals surface area contributed by atoms with Crippen LogP contribution < -0.4 is 5.73 Å². The molecule has 120 valence electrons. The number of nitriles is 1. The fraction of sp³-hybridized carbons (Fsp3) is 0. The number of hydrogen-bond donors (Lipinski definition) is 1. The van der Waals surface area contributed by atoms with Gasteiger partial charge >= 0.3 is 0 Å². The van der Waals surface area contributed by atoms with Crippen LogP contribution in [0.25, 0.3) is 27.8 Å². The summed E-state index contributed by atoms with van der Waals surface area (Å²) in [4.78, 5) is 14.9. The lowest BCUT2D eigenvalue weighted by molar-refractivity contribution is -0.384. The van der Waals surface area contributed by atoms with Gasteiger partial charge in [-0.3, -0.25) is 14.5 Å². The molecule has 25 heavy (non-hydrogen) atoms. The number of aromatic nitrogens is 2. The van der Waals surface area contributed by atoms with Gasteiger partial charge in [-0.05, 0) is 35.9 Å². The maximum absolute atomic E-state index is 10.8. The molecule has 2 aromatic carbocycles. The third-order valence-electron chi connectivity index (χ3n) is 4.13. The van der Waals surface area contributed by atoms with Crippen LogP contribution in [0, 0.1) is 21.4 Å². The number of hydrogen-bond acceptors (Lipinski definition) is 5. The average molecular weight is 329 g/mol. The Bertz CT molecular complexity index is 1190. The van der Waals surface area contributed by atoms with E-state index < -0.39 is 4.92 Å². The smallest absolute Gasteiger partial charge is 0.269 e. The maximum Gasteiger partial charge on any atom is 0.269 e. The zero-order chi connectivity index (χ0) is 17.6. The van der Waals surface area contributed by atoms with E-state index in [1.807, 2.05) is 24.3 Å². The van der Waals surface area contributed by atoms with Crippen molar-refractivity contribution >= 4 is 28.2 Å². The topological polar surface area (TPSA) is 110 Å². The molecular formula is C18H11N5O2. The van der Waals surface area contributed by atoms with Crippen molar-refractivity contribution in [2.45, 2.75) is 0 Å². The van der Waals surface area contributed by atoms with Crippen LogP contribution in [-0.2, 0) is 0 Å². The van der Waals surface area contributed by atoms with Crippen LogP contribution in [0.2, 0.25) is 0 Å². The van der Waals surface area contributed by atoms with E-state index >= 15 is 0 Å². The van der Waals surface area contributed by atoms with Gasteiger partial charge in [-0.2, -0.15) is 5.26 Å². The first-order chi connectivity index (χ1) is 12.1. The van der Waals surface area contributed by atoms with Crippen molar-refractivity contribution in [3.8, 4) is 17.2 Å². The number of nitro benzene ring substituents is 1. The Balaban J connectivity index is 2.02. The van der Waals surface area contributed by atoms with E-state index in [1.54, 1.807) is 22.6 Å². The van der Waals surface area contributed by atoms with Gasteiger partial charge in [0.05, 0.1) is 16.0 Å². The Labute approximate surface area is 141 Å². The highest BCUT2D eigenvalue weighted by molar-refractivity contribution is 5.88. The Hall–Kier alpha value is -3.92. The molecule has 4 rings (SSSR count). The molecule has 7 heteroatoms. The van der Waals surface area contributed by atoms with Crippen molar-refractivity contribution in [1.29, 1.82) is 5.26 Å². The SMILES string of the molecule is N#Cc1c(-c2ccc([N+](=O)[O-])cc2)cc2nc3ccccc3n2c1N.